The summed E-state index contributed by atoms with van der Waals surface area (Å²) >= 11 is 0. The molecule has 2 rings (SSSR count). The zero-order valence-electron chi connectivity index (χ0n) is 6.99. The van der Waals surface area contributed by atoms with Gasteiger partial charge in [0.2, 0.25) is 0 Å². The summed E-state index contributed by atoms with van der Waals surface area (Å²) in [5, 5.41) is 4.83. The van der Waals surface area contributed by atoms with E-state index in [0.29, 0.717) is 10.8 Å². The topological polar surface area (TPSA) is 34.9 Å². The fraction of sp³-hybridized carbons (Fsp3) is 0.111. The Bertz CT molecular complexity index is 513. The molecule has 1 aromatic heterocycles. The molecule has 1 aromatic carbocycles. The third kappa shape index (κ3) is 1.20. The Morgan fingerprint density at radius 2 is 2.23 bits per heavy atom. The molecule has 0 fully saturated rings. The van der Waals surface area contributed by atoms with Crippen molar-refractivity contribution in [3.05, 3.63) is 40.6 Å². The lowest BCUT2D eigenvalue weighted by Crippen LogP contribution is -2.18. The number of halogens is 1. The molecule has 0 unspecified atom stereocenters. The normalized spacial score (nSPS) is 10.6. The summed E-state index contributed by atoms with van der Waals surface area (Å²) in [7, 11) is 1.53. The van der Waals surface area contributed by atoms with E-state index in [2.05, 4.69) is 5.10 Å². The maximum Gasteiger partial charge on any atom is 0.274 e. The average Bonchev–Trinajstić information content (AvgIpc) is 2.12. The van der Waals surface area contributed by atoms with Crippen LogP contribution in [0.25, 0.3) is 10.8 Å². The molecule has 2 aromatic rings. The molecule has 3 nitrogen and oxygen atoms in total. The first-order chi connectivity index (χ1) is 6.18. The van der Waals surface area contributed by atoms with Gasteiger partial charge in [-0.05, 0) is 18.2 Å². The first-order valence-corrected chi connectivity index (χ1v) is 3.80. The van der Waals surface area contributed by atoms with E-state index in [0.717, 1.165) is 0 Å². The molecule has 0 aliphatic carbocycles. The van der Waals surface area contributed by atoms with E-state index in [1.807, 2.05) is 0 Å². The van der Waals surface area contributed by atoms with Gasteiger partial charge in [-0.15, -0.1) is 0 Å². The third-order valence-corrected chi connectivity index (χ3v) is 1.91. The molecule has 0 atom stereocenters. The van der Waals surface area contributed by atoms with Gasteiger partial charge >= 0.3 is 0 Å². The van der Waals surface area contributed by atoms with Crippen molar-refractivity contribution in [1.82, 2.24) is 9.78 Å². The molecule has 1 heterocycles. The Morgan fingerprint density at radius 1 is 1.46 bits per heavy atom. The monoisotopic (exact) mass is 178 g/mol. The van der Waals surface area contributed by atoms with Crippen LogP contribution in [0.15, 0.2) is 29.2 Å². The Hall–Kier alpha value is -1.71. The van der Waals surface area contributed by atoms with Gasteiger partial charge in [-0.3, -0.25) is 4.79 Å². The van der Waals surface area contributed by atoms with Crippen molar-refractivity contribution in [3.8, 4) is 0 Å². The highest BCUT2D eigenvalue weighted by Crippen LogP contribution is 2.09. The van der Waals surface area contributed by atoms with E-state index in [9.17, 15) is 9.18 Å². The summed E-state index contributed by atoms with van der Waals surface area (Å²) in [6.45, 7) is 0. The molecule has 0 radical (unpaired) electrons. The molecular formula is C9H7FN2O. The smallest absolute Gasteiger partial charge is 0.267 e. The minimum Gasteiger partial charge on any atom is -0.267 e. The summed E-state index contributed by atoms with van der Waals surface area (Å²) in [5.41, 5.74) is -0.281. The van der Waals surface area contributed by atoms with Crippen LogP contribution in [0.4, 0.5) is 4.39 Å². The van der Waals surface area contributed by atoms with Crippen LogP contribution in [-0.2, 0) is 7.05 Å². The lowest BCUT2D eigenvalue weighted by Gasteiger charge is -1.98. The van der Waals surface area contributed by atoms with Crippen LogP contribution in [0.3, 0.4) is 0 Å². The molecule has 0 aliphatic rings. The predicted molar refractivity (Wildman–Crippen MR) is 46.9 cm³/mol. The van der Waals surface area contributed by atoms with E-state index >= 15 is 0 Å². The Balaban J connectivity index is 2.97. The van der Waals surface area contributed by atoms with Crippen molar-refractivity contribution >= 4 is 10.8 Å². The number of rotatable bonds is 0. The lowest BCUT2D eigenvalue weighted by molar-refractivity contribution is 0.628. The van der Waals surface area contributed by atoms with Gasteiger partial charge < -0.3 is 0 Å². The zero-order valence-corrected chi connectivity index (χ0v) is 6.99. The molecular weight excluding hydrogens is 171 g/mol. The number of hydrogen-bond acceptors (Lipinski definition) is 2. The van der Waals surface area contributed by atoms with E-state index < -0.39 is 5.82 Å². The highest BCUT2D eigenvalue weighted by molar-refractivity contribution is 5.80. The standard InChI is InChI=1S/C9H7FN2O/c1-12-9(13)8-4-7(10)3-2-6(8)5-11-12/h2-5H,1H3. The van der Waals surface area contributed by atoms with Crippen molar-refractivity contribution in [2.75, 3.05) is 0 Å². The minimum absolute atomic E-state index is 0.281. The second-order valence-electron chi connectivity index (χ2n) is 2.80. The van der Waals surface area contributed by atoms with Crippen LogP contribution in [-0.4, -0.2) is 9.78 Å². The summed E-state index contributed by atoms with van der Waals surface area (Å²) in [4.78, 5) is 11.4. The Kier molecular flexibility index (Phi) is 1.62. The van der Waals surface area contributed by atoms with Gasteiger partial charge in [0.1, 0.15) is 5.82 Å². The van der Waals surface area contributed by atoms with Crippen molar-refractivity contribution in [1.29, 1.82) is 0 Å². The van der Waals surface area contributed by atoms with Gasteiger partial charge in [0.25, 0.3) is 5.56 Å². The van der Waals surface area contributed by atoms with E-state index in [1.165, 1.54) is 30.1 Å². The number of hydrogen-bond donors (Lipinski definition) is 0. The number of aromatic nitrogens is 2. The maximum atomic E-state index is 12.8. The molecule has 0 aliphatic heterocycles. The fourth-order valence-electron chi connectivity index (χ4n) is 1.20. The van der Waals surface area contributed by atoms with Crippen molar-refractivity contribution in [2.24, 2.45) is 7.05 Å². The van der Waals surface area contributed by atoms with Gasteiger partial charge in [0.15, 0.2) is 0 Å². The Labute approximate surface area is 73.4 Å². The highest BCUT2D eigenvalue weighted by Gasteiger charge is 2.01. The minimum atomic E-state index is -0.407. The lowest BCUT2D eigenvalue weighted by atomic mass is 10.2. The van der Waals surface area contributed by atoms with Crippen LogP contribution in [0.1, 0.15) is 0 Å². The molecule has 0 bridgehead atoms. The van der Waals surface area contributed by atoms with E-state index in [4.69, 9.17) is 0 Å². The van der Waals surface area contributed by atoms with E-state index in [1.54, 1.807) is 6.07 Å². The van der Waals surface area contributed by atoms with Gasteiger partial charge in [0.05, 0.1) is 11.6 Å². The quantitative estimate of drug-likeness (QED) is 0.604. The largest absolute Gasteiger partial charge is 0.274 e. The zero-order chi connectivity index (χ0) is 9.42. The van der Waals surface area contributed by atoms with Gasteiger partial charge in [-0.2, -0.15) is 5.10 Å². The van der Waals surface area contributed by atoms with Crippen molar-refractivity contribution in [2.45, 2.75) is 0 Å². The Morgan fingerprint density at radius 3 is 3.00 bits per heavy atom. The second kappa shape index (κ2) is 2.65. The number of benzene rings is 1. The molecule has 0 saturated carbocycles. The summed E-state index contributed by atoms with van der Waals surface area (Å²) in [6, 6.07) is 4.07. The second-order valence-corrected chi connectivity index (χ2v) is 2.80. The summed E-state index contributed by atoms with van der Waals surface area (Å²) in [5.74, 6) is -0.407. The molecule has 0 amide bonds. The fourth-order valence-corrected chi connectivity index (χ4v) is 1.20. The predicted octanol–water partition coefficient (Wildman–Crippen LogP) is 1.07. The summed E-state index contributed by atoms with van der Waals surface area (Å²) < 4.78 is 14.0. The van der Waals surface area contributed by atoms with E-state index in [-0.39, 0.29) is 5.56 Å². The number of aryl methyl sites for hydroxylation is 1. The highest BCUT2D eigenvalue weighted by atomic mass is 19.1. The van der Waals surface area contributed by atoms with Gasteiger partial charge in [-0.1, -0.05) is 0 Å². The van der Waals surface area contributed by atoms with Gasteiger partial charge in [-0.25, -0.2) is 9.07 Å². The number of nitrogens with zero attached hydrogens (tertiary/aromatic N) is 2. The third-order valence-electron chi connectivity index (χ3n) is 1.91. The molecule has 13 heavy (non-hydrogen) atoms. The maximum absolute atomic E-state index is 12.8. The molecule has 0 saturated heterocycles. The molecule has 4 heteroatoms. The van der Waals surface area contributed by atoms with Crippen molar-refractivity contribution < 1.29 is 4.39 Å². The van der Waals surface area contributed by atoms with Crippen LogP contribution in [0.5, 0.6) is 0 Å². The van der Waals surface area contributed by atoms with Crippen LogP contribution in [0, 0.1) is 5.82 Å². The van der Waals surface area contributed by atoms with Gasteiger partial charge in [0, 0.05) is 12.4 Å². The van der Waals surface area contributed by atoms with Crippen molar-refractivity contribution in [3.63, 3.8) is 0 Å². The first-order valence-electron chi connectivity index (χ1n) is 3.80. The number of fused-ring (bicyclic) bond motifs is 1. The van der Waals surface area contributed by atoms with Crippen LogP contribution in [0.2, 0.25) is 0 Å². The van der Waals surface area contributed by atoms with Crippen LogP contribution < -0.4 is 5.56 Å². The first kappa shape index (κ1) is 7.91. The molecule has 0 spiro atoms. The average molecular weight is 178 g/mol. The van der Waals surface area contributed by atoms with Crippen LogP contribution >= 0.6 is 0 Å². The summed E-state index contributed by atoms with van der Waals surface area (Å²) in [6.07, 6.45) is 1.54. The SMILES string of the molecule is Cn1ncc2ccc(F)cc2c1=O. The molecule has 66 valence electrons. The molecule has 0 N–H and O–H groups in total.